The van der Waals surface area contributed by atoms with Crippen molar-refractivity contribution >= 4 is 33.4 Å². The number of hydrogen-bond acceptors (Lipinski definition) is 1. The predicted molar refractivity (Wildman–Crippen MR) is 82.7 cm³/mol. The SMILES string of the molecule is CCCC1CCCCN1C(=O)c1ccc(Cl)cc1Br. The number of benzene rings is 1. The van der Waals surface area contributed by atoms with Gasteiger partial charge in [-0.05, 0) is 59.8 Å². The van der Waals surface area contributed by atoms with Crippen molar-refractivity contribution in [2.75, 3.05) is 6.54 Å². The molecule has 104 valence electrons. The molecule has 0 radical (unpaired) electrons. The summed E-state index contributed by atoms with van der Waals surface area (Å²) in [7, 11) is 0. The molecule has 1 heterocycles. The maximum Gasteiger partial charge on any atom is 0.255 e. The molecule has 0 N–H and O–H groups in total. The van der Waals surface area contributed by atoms with Gasteiger partial charge in [0.15, 0.2) is 0 Å². The van der Waals surface area contributed by atoms with Crippen LogP contribution in [0.1, 0.15) is 49.4 Å². The van der Waals surface area contributed by atoms with Gasteiger partial charge in [0.2, 0.25) is 0 Å². The molecule has 2 rings (SSSR count). The van der Waals surface area contributed by atoms with Crippen molar-refractivity contribution in [1.29, 1.82) is 0 Å². The molecule has 1 unspecified atom stereocenters. The summed E-state index contributed by atoms with van der Waals surface area (Å²) in [5, 5.41) is 0.646. The lowest BCUT2D eigenvalue weighted by molar-refractivity contribution is 0.0600. The number of carbonyl (C=O) groups is 1. The molecule has 0 aromatic heterocycles. The third kappa shape index (κ3) is 3.51. The highest BCUT2D eigenvalue weighted by atomic mass is 79.9. The number of rotatable bonds is 3. The molecule has 0 bridgehead atoms. The van der Waals surface area contributed by atoms with Crippen LogP contribution in [0.5, 0.6) is 0 Å². The fraction of sp³-hybridized carbons (Fsp3) is 0.533. The Balaban J connectivity index is 2.21. The number of carbonyl (C=O) groups excluding carboxylic acids is 1. The Labute approximate surface area is 128 Å². The van der Waals surface area contributed by atoms with E-state index in [4.69, 9.17) is 11.6 Å². The lowest BCUT2D eigenvalue weighted by Crippen LogP contribution is -2.43. The average Bonchev–Trinajstić information content (AvgIpc) is 2.39. The summed E-state index contributed by atoms with van der Waals surface area (Å²) in [5.41, 5.74) is 0.715. The first-order valence-corrected chi connectivity index (χ1v) is 8.06. The van der Waals surface area contributed by atoms with E-state index in [9.17, 15) is 4.79 Å². The molecule has 1 aliphatic rings. The van der Waals surface area contributed by atoms with Crippen molar-refractivity contribution in [1.82, 2.24) is 4.90 Å². The highest BCUT2D eigenvalue weighted by Gasteiger charge is 2.27. The van der Waals surface area contributed by atoms with Gasteiger partial charge in [-0.1, -0.05) is 24.9 Å². The van der Waals surface area contributed by atoms with Crippen molar-refractivity contribution in [3.8, 4) is 0 Å². The molecular formula is C15H19BrClNO. The van der Waals surface area contributed by atoms with Gasteiger partial charge in [0.25, 0.3) is 5.91 Å². The molecule has 1 aliphatic heterocycles. The van der Waals surface area contributed by atoms with Crippen LogP contribution in [0.15, 0.2) is 22.7 Å². The fourth-order valence-corrected chi connectivity index (χ4v) is 3.57. The maximum atomic E-state index is 12.7. The van der Waals surface area contributed by atoms with Crippen molar-refractivity contribution in [3.05, 3.63) is 33.3 Å². The lowest BCUT2D eigenvalue weighted by Gasteiger charge is -2.36. The van der Waals surface area contributed by atoms with Crippen LogP contribution in [0, 0.1) is 0 Å². The van der Waals surface area contributed by atoms with Gasteiger partial charge in [-0.15, -0.1) is 0 Å². The first-order chi connectivity index (χ1) is 9.13. The van der Waals surface area contributed by atoms with E-state index in [1.807, 2.05) is 11.0 Å². The molecular weight excluding hydrogens is 326 g/mol. The summed E-state index contributed by atoms with van der Waals surface area (Å²) in [4.78, 5) is 14.7. The Kier molecular flexibility index (Phi) is 5.28. The van der Waals surface area contributed by atoms with Gasteiger partial charge in [-0.25, -0.2) is 0 Å². The Morgan fingerprint density at radius 3 is 2.95 bits per heavy atom. The second-order valence-electron chi connectivity index (χ2n) is 5.06. The van der Waals surface area contributed by atoms with Crippen molar-refractivity contribution in [2.45, 2.75) is 45.1 Å². The number of nitrogens with zero attached hydrogens (tertiary/aromatic N) is 1. The van der Waals surface area contributed by atoms with Crippen LogP contribution in [-0.2, 0) is 0 Å². The summed E-state index contributed by atoms with van der Waals surface area (Å²) < 4.78 is 0.783. The third-order valence-electron chi connectivity index (χ3n) is 3.67. The molecule has 2 nitrogen and oxygen atoms in total. The lowest BCUT2D eigenvalue weighted by atomic mass is 9.97. The van der Waals surface area contributed by atoms with E-state index in [-0.39, 0.29) is 5.91 Å². The second kappa shape index (κ2) is 6.76. The van der Waals surface area contributed by atoms with Crippen LogP contribution >= 0.6 is 27.5 Å². The van der Waals surface area contributed by atoms with Crippen LogP contribution in [0.25, 0.3) is 0 Å². The minimum Gasteiger partial charge on any atom is -0.336 e. The Bertz CT molecular complexity index is 461. The van der Waals surface area contributed by atoms with E-state index >= 15 is 0 Å². The average molecular weight is 345 g/mol. The zero-order valence-corrected chi connectivity index (χ0v) is 13.5. The van der Waals surface area contributed by atoms with E-state index in [0.717, 1.165) is 36.7 Å². The fourth-order valence-electron chi connectivity index (χ4n) is 2.72. The number of likely N-dealkylation sites (tertiary alicyclic amines) is 1. The second-order valence-corrected chi connectivity index (χ2v) is 6.35. The zero-order chi connectivity index (χ0) is 13.8. The highest BCUT2D eigenvalue weighted by molar-refractivity contribution is 9.10. The quantitative estimate of drug-likeness (QED) is 0.764. The van der Waals surface area contributed by atoms with Gasteiger partial charge in [0, 0.05) is 22.1 Å². The Morgan fingerprint density at radius 1 is 1.47 bits per heavy atom. The van der Waals surface area contributed by atoms with Crippen LogP contribution in [0.3, 0.4) is 0 Å². The van der Waals surface area contributed by atoms with Crippen LogP contribution in [0.2, 0.25) is 5.02 Å². The number of hydrogen-bond donors (Lipinski definition) is 0. The smallest absolute Gasteiger partial charge is 0.255 e. The van der Waals surface area contributed by atoms with E-state index in [1.54, 1.807) is 12.1 Å². The Hall–Kier alpha value is -0.540. The van der Waals surface area contributed by atoms with Crippen molar-refractivity contribution in [3.63, 3.8) is 0 Å². The predicted octanol–water partition coefficient (Wildman–Crippen LogP) is 4.90. The van der Waals surface area contributed by atoms with Crippen molar-refractivity contribution in [2.24, 2.45) is 0 Å². The summed E-state index contributed by atoms with van der Waals surface area (Å²) in [6, 6.07) is 5.77. The molecule has 1 aromatic carbocycles. The van der Waals surface area contributed by atoms with E-state index < -0.39 is 0 Å². The summed E-state index contributed by atoms with van der Waals surface area (Å²) in [5.74, 6) is 0.127. The topological polar surface area (TPSA) is 20.3 Å². The van der Waals surface area contributed by atoms with E-state index in [2.05, 4.69) is 22.9 Å². The van der Waals surface area contributed by atoms with Crippen LogP contribution < -0.4 is 0 Å². The van der Waals surface area contributed by atoms with Crippen LogP contribution in [0.4, 0.5) is 0 Å². The molecule has 19 heavy (non-hydrogen) atoms. The Morgan fingerprint density at radius 2 is 2.26 bits per heavy atom. The number of piperidine rings is 1. The van der Waals surface area contributed by atoms with Gasteiger partial charge in [0.1, 0.15) is 0 Å². The molecule has 0 aliphatic carbocycles. The third-order valence-corrected chi connectivity index (χ3v) is 4.56. The molecule has 1 atom stereocenters. The largest absolute Gasteiger partial charge is 0.336 e. The van der Waals surface area contributed by atoms with Gasteiger partial charge in [-0.2, -0.15) is 0 Å². The minimum atomic E-state index is 0.127. The van der Waals surface area contributed by atoms with Crippen LogP contribution in [-0.4, -0.2) is 23.4 Å². The molecule has 0 spiro atoms. The van der Waals surface area contributed by atoms with E-state index in [0.29, 0.717) is 16.6 Å². The van der Waals surface area contributed by atoms with Gasteiger partial charge >= 0.3 is 0 Å². The number of amides is 1. The maximum absolute atomic E-state index is 12.7. The molecule has 1 aromatic rings. The van der Waals surface area contributed by atoms with Gasteiger partial charge < -0.3 is 4.90 Å². The molecule has 0 saturated carbocycles. The van der Waals surface area contributed by atoms with Crippen molar-refractivity contribution < 1.29 is 4.79 Å². The first kappa shape index (κ1) is 14.9. The van der Waals surface area contributed by atoms with Gasteiger partial charge in [0.05, 0.1) is 5.56 Å². The first-order valence-electron chi connectivity index (χ1n) is 6.89. The summed E-state index contributed by atoms with van der Waals surface area (Å²) in [6.07, 6.45) is 5.69. The summed E-state index contributed by atoms with van der Waals surface area (Å²) in [6.45, 7) is 3.05. The highest BCUT2D eigenvalue weighted by Crippen LogP contribution is 2.27. The van der Waals surface area contributed by atoms with Gasteiger partial charge in [-0.3, -0.25) is 4.79 Å². The minimum absolute atomic E-state index is 0.127. The molecule has 1 fully saturated rings. The molecule has 1 amide bonds. The normalized spacial score (nSPS) is 19.5. The summed E-state index contributed by atoms with van der Waals surface area (Å²) >= 11 is 9.37. The van der Waals surface area contributed by atoms with E-state index in [1.165, 1.54) is 6.42 Å². The number of halogens is 2. The molecule has 1 saturated heterocycles. The monoisotopic (exact) mass is 343 g/mol. The zero-order valence-electron chi connectivity index (χ0n) is 11.2. The standard InChI is InChI=1S/C15H19BrClNO/c1-2-5-12-6-3-4-9-18(12)15(19)13-8-7-11(17)10-14(13)16/h7-8,10,12H,2-6,9H2,1H3. The molecule has 4 heteroatoms.